The number of fused-ring (bicyclic) bond motifs is 1. The molecule has 10 nitrogen and oxygen atoms in total. The third-order valence-corrected chi connectivity index (χ3v) is 6.53. The van der Waals surface area contributed by atoms with E-state index in [1.807, 2.05) is 6.92 Å². The molecule has 1 aromatic carbocycles. The number of carbonyl (C=O) groups excluding carboxylic acids is 1. The molecule has 0 saturated carbocycles. The number of amides is 1. The predicted molar refractivity (Wildman–Crippen MR) is 134 cm³/mol. The molecule has 0 atom stereocenters. The third-order valence-electron chi connectivity index (χ3n) is 6.53. The Bertz CT molecular complexity index is 1230. The number of nitrogens with one attached hydrogen (secondary N) is 1. The van der Waals surface area contributed by atoms with Gasteiger partial charge in [0.25, 0.3) is 6.43 Å². The summed E-state index contributed by atoms with van der Waals surface area (Å²) >= 11 is 0. The number of carbonyl (C=O) groups is 1. The van der Waals surface area contributed by atoms with Crippen molar-refractivity contribution in [1.82, 2.24) is 24.4 Å². The highest BCUT2D eigenvalue weighted by molar-refractivity contribution is 5.78. The Morgan fingerprint density at radius 2 is 1.92 bits per heavy atom. The lowest BCUT2D eigenvalue weighted by Crippen LogP contribution is -2.52. The van der Waals surface area contributed by atoms with Gasteiger partial charge in [0.15, 0.2) is 5.82 Å². The number of likely N-dealkylation sites (tertiary alicyclic amines) is 1. The van der Waals surface area contributed by atoms with E-state index in [2.05, 4.69) is 25.2 Å². The molecule has 12 heteroatoms. The lowest BCUT2D eigenvalue weighted by Gasteiger charge is -2.38. The van der Waals surface area contributed by atoms with Gasteiger partial charge in [-0.2, -0.15) is 9.97 Å². The first kappa shape index (κ1) is 25.1. The monoisotopic (exact) mass is 515 g/mol. The number of nitrogens with zero attached hydrogens (tertiary/aromatic N) is 6. The number of morpholine rings is 1. The van der Waals surface area contributed by atoms with Crippen LogP contribution in [0.3, 0.4) is 0 Å². The van der Waals surface area contributed by atoms with E-state index in [4.69, 9.17) is 9.47 Å². The van der Waals surface area contributed by atoms with E-state index >= 15 is 0 Å². The van der Waals surface area contributed by atoms with E-state index in [0.717, 1.165) is 12.8 Å². The van der Waals surface area contributed by atoms with Crippen molar-refractivity contribution in [3.05, 3.63) is 36.2 Å². The maximum absolute atomic E-state index is 14.0. The Morgan fingerprint density at radius 3 is 2.68 bits per heavy atom. The number of aromatic nitrogens is 4. The molecule has 2 aliphatic heterocycles. The fourth-order valence-electron chi connectivity index (χ4n) is 4.48. The number of hydrogen-bond acceptors (Lipinski definition) is 8. The molecule has 2 saturated heterocycles. The Labute approximate surface area is 213 Å². The molecule has 0 radical (unpaired) electrons. The first-order valence-electron chi connectivity index (χ1n) is 12.7. The topological polar surface area (TPSA) is 97.6 Å². The molecule has 5 rings (SSSR count). The number of halogens is 2. The van der Waals surface area contributed by atoms with Gasteiger partial charge in [-0.3, -0.25) is 4.57 Å². The molecule has 0 spiro atoms. The summed E-state index contributed by atoms with van der Waals surface area (Å²) in [6.07, 6.45) is -1.24. The molecule has 2 aromatic heterocycles. The predicted octanol–water partition coefficient (Wildman–Crippen LogP) is 3.87. The number of para-hydroxylation sites is 2. The highest BCUT2D eigenvalue weighted by atomic mass is 19.3. The van der Waals surface area contributed by atoms with Crippen molar-refractivity contribution in [3.63, 3.8) is 0 Å². The molecule has 1 amide bonds. The van der Waals surface area contributed by atoms with Gasteiger partial charge in [0.1, 0.15) is 11.6 Å². The molecule has 4 heterocycles. The molecular weight excluding hydrogens is 484 g/mol. The molecule has 2 aliphatic rings. The highest BCUT2D eigenvalue weighted by Gasteiger charge is 2.32. The van der Waals surface area contributed by atoms with Crippen molar-refractivity contribution in [1.29, 1.82) is 0 Å². The Balaban J connectivity index is 1.37. The van der Waals surface area contributed by atoms with Crippen LogP contribution in [0.2, 0.25) is 0 Å². The molecule has 3 aromatic rings. The zero-order chi connectivity index (χ0) is 25.8. The van der Waals surface area contributed by atoms with Crippen LogP contribution in [0.4, 0.5) is 25.3 Å². The van der Waals surface area contributed by atoms with Crippen molar-refractivity contribution in [2.24, 2.45) is 5.92 Å². The second-order valence-corrected chi connectivity index (χ2v) is 9.22. The Hall–Kier alpha value is -3.54. The zero-order valence-electron chi connectivity index (χ0n) is 20.8. The lowest BCUT2D eigenvalue weighted by atomic mass is 10.0. The molecule has 2 fully saturated rings. The van der Waals surface area contributed by atoms with Gasteiger partial charge >= 0.3 is 6.09 Å². The van der Waals surface area contributed by atoms with Crippen molar-refractivity contribution < 1.29 is 23.0 Å². The van der Waals surface area contributed by atoms with Gasteiger partial charge in [-0.25, -0.2) is 18.6 Å². The second kappa shape index (κ2) is 11.2. The van der Waals surface area contributed by atoms with E-state index in [1.54, 1.807) is 35.2 Å². The van der Waals surface area contributed by atoms with Crippen LogP contribution in [-0.4, -0.2) is 83.1 Å². The number of anilines is 2. The van der Waals surface area contributed by atoms with Crippen molar-refractivity contribution in [3.8, 4) is 5.82 Å². The van der Waals surface area contributed by atoms with Crippen molar-refractivity contribution in [2.45, 2.75) is 26.2 Å². The zero-order valence-corrected chi connectivity index (χ0v) is 20.8. The number of imidazole rings is 1. The largest absolute Gasteiger partial charge is 0.449 e. The maximum Gasteiger partial charge on any atom is 0.409 e. The number of hydrogen-bond donors (Lipinski definition) is 1. The van der Waals surface area contributed by atoms with Gasteiger partial charge in [-0.15, -0.1) is 0 Å². The average molecular weight is 516 g/mol. The molecule has 0 unspecified atom stereocenters. The summed E-state index contributed by atoms with van der Waals surface area (Å²) in [6, 6.07) is 8.72. The minimum absolute atomic E-state index is 0.212. The van der Waals surface area contributed by atoms with E-state index in [0.29, 0.717) is 81.2 Å². The maximum atomic E-state index is 14.0. The number of ether oxygens (including phenoxy) is 2. The smallest absolute Gasteiger partial charge is 0.409 e. The standard InChI is InChI=1S/C25H31F2N7O3/c1-2-3-10-37-25(35)33-15-17(16-33)14-28-24-30-20(32-8-11-36-12-9-32)13-21(31-24)34-19-7-5-4-6-18(19)29-23(34)22(26)27/h4-7,13,17,22H,2-3,8-12,14-16H2,1H3,(H,28,30,31). The first-order valence-corrected chi connectivity index (χ1v) is 12.7. The summed E-state index contributed by atoms with van der Waals surface area (Å²) in [5.41, 5.74) is 1.02. The number of benzene rings is 1. The highest BCUT2D eigenvalue weighted by Crippen LogP contribution is 2.29. The van der Waals surface area contributed by atoms with Gasteiger partial charge < -0.3 is 24.6 Å². The van der Waals surface area contributed by atoms with Crippen molar-refractivity contribution >= 4 is 28.9 Å². The number of alkyl halides is 2. The van der Waals surface area contributed by atoms with Crippen LogP contribution >= 0.6 is 0 Å². The van der Waals surface area contributed by atoms with Crippen LogP contribution in [0.5, 0.6) is 0 Å². The van der Waals surface area contributed by atoms with Gasteiger partial charge in [0, 0.05) is 44.7 Å². The third kappa shape index (κ3) is 5.58. The van der Waals surface area contributed by atoms with E-state index in [-0.39, 0.29) is 17.8 Å². The first-order chi connectivity index (χ1) is 18.0. The lowest BCUT2D eigenvalue weighted by molar-refractivity contribution is 0.0565. The van der Waals surface area contributed by atoms with Gasteiger partial charge in [-0.1, -0.05) is 25.5 Å². The van der Waals surface area contributed by atoms with Crippen molar-refractivity contribution in [2.75, 3.05) is 62.8 Å². The molecule has 0 aliphatic carbocycles. The summed E-state index contributed by atoms with van der Waals surface area (Å²) in [6.45, 7) is 6.57. The molecule has 37 heavy (non-hydrogen) atoms. The Morgan fingerprint density at radius 1 is 1.16 bits per heavy atom. The summed E-state index contributed by atoms with van der Waals surface area (Å²) in [7, 11) is 0. The normalized spacial score (nSPS) is 16.3. The van der Waals surface area contributed by atoms with Gasteiger partial charge in [-0.05, 0) is 18.6 Å². The molecule has 0 bridgehead atoms. The van der Waals surface area contributed by atoms with Gasteiger partial charge in [0.05, 0.1) is 30.9 Å². The number of unbranched alkanes of at least 4 members (excludes halogenated alkanes) is 1. The SMILES string of the molecule is CCCCOC(=O)N1CC(CNc2nc(N3CCOCC3)cc(-n3c(C(F)F)nc4ccccc43)n2)C1. The van der Waals surface area contributed by atoms with E-state index < -0.39 is 6.43 Å². The molecular formula is C25H31F2N7O3. The van der Waals surface area contributed by atoms with Gasteiger partial charge in [0.2, 0.25) is 5.95 Å². The summed E-state index contributed by atoms with van der Waals surface area (Å²) in [4.78, 5) is 29.2. The summed E-state index contributed by atoms with van der Waals surface area (Å²) < 4.78 is 40.1. The van der Waals surface area contributed by atoms with Crippen LogP contribution in [0, 0.1) is 5.92 Å². The number of rotatable bonds is 9. The second-order valence-electron chi connectivity index (χ2n) is 9.22. The van der Waals surface area contributed by atoms with E-state index in [1.165, 1.54) is 4.57 Å². The fraction of sp³-hybridized carbons (Fsp3) is 0.520. The molecule has 1 N–H and O–H groups in total. The quantitative estimate of drug-likeness (QED) is 0.429. The van der Waals surface area contributed by atoms with Crippen LogP contribution < -0.4 is 10.2 Å². The fourth-order valence-corrected chi connectivity index (χ4v) is 4.48. The van der Waals surface area contributed by atoms with Crippen LogP contribution in [0.1, 0.15) is 32.0 Å². The minimum atomic E-state index is -2.77. The average Bonchev–Trinajstić information content (AvgIpc) is 3.28. The molecule has 198 valence electrons. The van der Waals surface area contributed by atoms with Crippen LogP contribution in [-0.2, 0) is 9.47 Å². The summed E-state index contributed by atoms with van der Waals surface area (Å²) in [5.74, 6) is 1.13. The minimum Gasteiger partial charge on any atom is -0.449 e. The Kier molecular flexibility index (Phi) is 7.63. The van der Waals surface area contributed by atoms with Crippen LogP contribution in [0.25, 0.3) is 16.9 Å². The van der Waals surface area contributed by atoms with E-state index in [9.17, 15) is 13.6 Å². The van der Waals surface area contributed by atoms with Crippen LogP contribution in [0.15, 0.2) is 30.3 Å². The summed E-state index contributed by atoms with van der Waals surface area (Å²) in [5, 5.41) is 3.26.